The van der Waals surface area contributed by atoms with E-state index in [9.17, 15) is 0 Å². The van der Waals surface area contributed by atoms with Crippen LogP contribution < -0.4 is 0 Å². The van der Waals surface area contributed by atoms with Crippen LogP contribution in [0.25, 0.3) is 47.0 Å². The van der Waals surface area contributed by atoms with Gasteiger partial charge in [-0.2, -0.15) is 9.97 Å². The van der Waals surface area contributed by atoms with Crippen molar-refractivity contribution in [1.82, 2.24) is 19.5 Å². The van der Waals surface area contributed by atoms with Crippen LogP contribution in [0.3, 0.4) is 0 Å². The molecule has 2 aromatic heterocycles. The average Bonchev–Trinajstić information content (AvgIpc) is 3.13. The van der Waals surface area contributed by atoms with Gasteiger partial charge in [-0.1, -0.05) is 104 Å². The second-order valence-electron chi connectivity index (χ2n) is 7.45. The van der Waals surface area contributed by atoms with Crippen molar-refractivity contribution in [2.75, 3.05) is 0 Å². The number of nitrogens with zero attached hydrogens (tertiary/aromatic N) is 4. The summed E-state index contributed by atoms with van der Waals surface area (Å²) < 4.78 is 2.07. The molecule has 0 saturated carbocycles. The van der Waals surface area contributed by atoms with Crippen LogP contribution >= 0.6 is 0 Å². The molecule has 4 aromatic rings. The fraction of sp³-hybridized carbons (Fsp3) is 0.0690. The molecule has 2 aromatic carbocycles. The molecule has 0 fully saturated rings. The second kappa shape index (κ2) is 9.88. The van der Waals surface area contributed by atoms with Gasteiger partial charge in [-0.25, -0.2) is 4.98 Å². The molecular formula is C29H26N4. The topological polar surface area (TPSA) is 43.6 Å². The Hall–Kier alpha value is -4.31. The quantitative estimate of drug-likeness (QED) is 0.292. The predicted octanol–water partition coefficient (Wildman–Crippen LogP) is 7.18. The zero-order valence-electron chi connectivity index (χ0n) is 18.9. The highest BCUT2D eigenvalue weighted by Crippen LogP contribution is 2.30. The molecule has 0 amide bonds. The Labute approximate surface area is 195 Å². The smallest absolute Gasteiger partial charge is 0.238 e. The van der Waals surface area contributed by atoms with Gasteiger partial charge in [0, 0.05) is 27.9 Å². The van der Waals surface area contributed by atoms with Gasteiger partial charge in [0.2, 0.25) is 5.95 Å². The molecule has 0 aliphatic carbocycles. The van der Waals surface area contributed by atoms with Crippen molar-refractivity contribution in [3.8, 4) is 28.7 Å². The van der Waals surface area contributed by atoms with Crippen molar-refractivity contribution in [3.63, 3.8) is 0 Å². The molecule has 0 bridgehead atoms. The number of hydrogen-bond acceptors (Lipinski definition) is 3. The largest absolute Gasteiger partial charge is 0.282 e. The Kier molecular flexibility index (Phi) is 6.56. The van der Waals surface area contributed by atoms with Crippen molar-refractivity contribution < 1.29 is 0 Å². The Balaban J connectivity index is 2.04. The van der Waals surface area contributed by atoms with Crippen molar-refractivity contribution in [2.45, 2.75) is 13.8 Å². The summed E-state index contributed by atoms with van der Waals surface area (Å²) in [6.07, 6.45) is 11.7. The molecule has 0 spiro atoms. The molecular weight excluding hydrogens is 404 g/mol. The van der Waals surface area contributed by atoms with Crippen LogP contribution in [0.4, 0.5) is 0 Å². The van der Waals surface area contributed by atoms with Crippen molar-refractivity contribution in [2.24, 2.45) is 0 Å². The molecule has 0 unspecified atom stereocenters. The summed E-state index contributed by atoms with van der Waals surface area (Å²) in [7, 11) is 0. The summed E-state index contributed by atoms with van der Waals surface area (Å²) in [6.45, 7) is 11.9. The third kappa shape index (κ3) is 4.37. The number of benzene rings is 2. The van der Waals surface area contributed by atoms with E-state index in [4.69, 9.17) is 15.0 Å². The molecule has 4 rings (SSSR count). The highest BCUT2D eigenvalue weighted by molar-refractivity contribution is 5.76. The monoisotopic (exact) mass is 430 g/mol. The van der Waals surface area contributed by atoms with Crippen molar-refractivity contribution >= 4 is 18.2 Å². The fourth-order valence-corrected chi connectivity index (χ4v) is 3.82. The minimum absolute atomic E-state index is 0.564. The third-order valence-electron chi connectivity index (χ3n) is 5.35. The van der Waals surface area contributed by atoms with Crippen LogP contribution in [-0.4, -0.2) is 19.5 Å². The van der Waals surface area contributed by atoms with Gasteiger partial charge in [-0.15, -0.1) is 0 Å². The molecule has 4 nitrogen and oxygen atoms in total. The van der Waals surface area contributed by atoms with Gasteiger partial charge in [0.1, 0.15) is 0 Å². The first kappa shape index (κ1) is 21.9. The lowest BCUT2D eigenvalue weighted by atomic mass is 10.1. The lowest BCUT2D eigenvalue weighted by molar-refractivity contribution is 0.877. The van der Waals surface area contributed by atoms with E-state index in [0.717, 1.165) is 33.6 Å². The van der Waals surface area contributed by atoms with Gasteiger partial charge < -0.3 is 0 Å². The molecule has 0 saturated heterocycles. The maximum Gasteiger partial charge on any atom is 0.238 e. The molecule has 162 valence electrons. The first-order chi connectivity index (χ1) is 16.2. The standard InChI is InChI=1S/C29H26N4/c1-5-8-20-25-21(4)33(26(15-6-2)24(25)7-3)29-31-27(22-16-11-9-12-17-22)30-28(32-29)23-18-13-10-14-19-23/h5-20H,1,3H2,2,4H3/b15-6-,20-8-. The summed E-state index contributed by atoms with van der Waals surface area (Å²) >= 11 is 0. The number of allylic oxidation sites excluding steroid dienone is 3. The minimum Gasteiger partial charge on any atom is -0.282 e. The SMILES string of the molecule is C=C/C=C\c1c(C=C)c(/C=C\C)n(-c2nc(-c3ccccc3)nc(-c3ccccc3)n2)c1C. The van der Waals surface area contributed by atoms with Crippen LogP contribution in [0.1, 0.15) is 29.4 Å². The normalized spacial score (nSPS) is 11.3. The van der Waals surface area contributed by atoms with Crippen LogP contribution in [0.5, 0.6) is 0 Å². The lowest BCUT2D eigenvalue weighted by Crippen LogP contribution is -2.09. The summed E-state index contributed by atoms with van der Waals surface area (Å²) in [6, 6.07) is 20.0. The van der Waals surface area contributed by atoms with E-state index in [-0.39, 0.29) is 0 Å². The zero-order valence-corrected chi connectivity index (χ0v) is 18.9. The Morgan fingerprint density at radius 2 is 1.33 bits per heavy atom. The van der Waals surface area contributed by atoms with Crippen molar-refractivity contribution in [3.05, 3.63) is 115 Å². The number of rotatable bonds is 7. The number of aromatic nitrogens is 4. The van der Waals surface area contributed by atoms with Crippen LogP contribution in [0.15, 0.2) is 92.0 Å². The molecule has 0 radical (unpaired) electrons. The van der Waals surface area contributed by atoms with E-state index in [0.29, 0.717) is 17.6 Å². The summed E-state index contributed by atoms with van der Waals surface area (Å²) in [4.78, 5) is 14.6. The molecule has 4 heteroatoms. The third-order valence-corrected chi connectivity index (χ3v) is 5.35. The fourth-order valence-electron chi connectivity index (χ4n) is 3.82. The van der Waals surface area contributed by atoms with E-state index >= 15 is 0 Å². The summed E-state index contributed by atoms with van der Waals surface area (Å²) in [5.74, 6) is 1.82. The Morgan fingerprint density at radius 1 is 0.758 bits per heavy atom. The van der Waals surface area contributed by atoms with Crippen molar-refractivity contribution in [1.29, 1.82) is 0 Å². The van der Waals surface area contributed by atoms with Gasteiger partial charge in [-0.05, 0) is 19.9 Å². The van der Waals surface area contributed by atoms with Gasteiger partial charge in [0.25, 0.3) is 0 Å². The lowest BCUT2D eigenvalue weighted by Gasteiger charge is -2.12. The van der Waals surface area contributed by atoms with E-state index in [1.165, 1.54) is 0 Å². The van der Waals surface area contributed by atoms with Crippen LogP contribution in [0.2, 0.25) is 0 Å². The highest BCUT2D eigenvalue weighted by atomic mass is 15.2. The Morgan fingerprint density at radius 3 is 1.82 bits per heavy atom. The van der Waals surface area contributed by atoms with Gasteiger partial charge >= 0.3 is 0 Å². The number of hydrogen-bond donors (Lipinski definition) is 0. The Bertz CT molecular complexity index is 1290. The molecule has 33 heavy (non-hydrogen) atoms. The first-order valence-corrected chi connectivity index (χ1v) is 10.8. The molecule has 2 heterocycles. The average molecular weight is 431 g/mol. The van der Waals surface area contributed by atoms with Gasteiger partial charge in [-0.3, -0.25) is 4.57 Å². The zero-order chi connectivity index (χ0) is 23.2. The van der Waals surface area contributed by atoms with E-state index in [1.807, 2.05) is 91.9 Å². The maximum atomic E-state index is 4.90. The van der Waals surface area contributed by atoms with E-state index in [1.54, 1.807) is 6.08 Å². The van der Waals surface area contributed by atoms with E-state index in [2.05, 4.69) is 30.7 Å². The second-order valence-corrected chi connectivity index (χ2v) is 7.45. The minimum atomic E-state index is 0.564. The van der Waals surface area contributed by atoms with Gasteiger partial charge in [0.15, 0.2) is 11.6 Å². The predicted molar refractivity (Wildman–Crippen MR) is 139 cm³/mol. The molecule has 0 N–H and O–H groups in total. The van der Waals surface area contributed by atoms with Gasteiger partial charge in [0.05, 0.1) is 5.69 Å². The highest BCUT2D eigenvalue weighted by Gasteiger charge is 2.20. The molecule has 0 aliphatic rings. The van der Waals surface area contributed by atoms with Crippen LogP contribution in [0, 0.1) is 6.92 Å². The summed E-state index contributed by atoms with van der Waals surface area (Å²) in [5, 5.41) is 0. The van der Waals surface area contributed by atoms with E-state index < -0.39 is 0 Å². The maximum absolute atomic E-state index is 4.90. The first-order valence-electron chi connectivity index (χ1n) is 10.8. The summed E-state index contributed by atoms with van der Waals surface area (Å²) in [5.41, 5.74) is 5.93. The molecule has 0 atom stereocenters. The van der Waals surface area contributed by atoms with Crippen LogP contribution in [-0.2, 0) is 0 Å². The molecule has 0 aliphatic heterocycles.